The molecule has 0 aliphatic carbocycles. The number of hydrogen-bond donors (Lipinski definition) is 1. The molecule has 2 aromatic heterocycles. The van der Waals surface area contributed by atoms with Crippen LogP contribution in [0.4, 0.5) is 0 Å². The van der Waals surface area contributed by atoms with Crippen LogP contribution in [0.5, 0.6) is 0 Å². The SMILES string of the molecule is CCC(C)c1ccc2c(=O)[nH]cnn12. The van der Waals surface area contributed by atoms with Crippen molar-refractivity contribution in [3.8, 4) is 0 Å². The predicted octanol–water partition coefficient (Wildman–Crippen LogP) is 1.54. The van der Waals surface area contributed by atoms with Crippen LogP contribution in [0.3, 0.4) is 0 Å². The number of nitrogens with zero attached hydrogens (tertiary/aromatic N) is 2. The van der Waals surface area contributed by atoms with Crippen LogP contribution < -0.4 is 5.56 Å². The second-order valence-corrected chi connectivity index (χ2v) is 3.48. The van der Waals surface area contributed by atoms with Crippen LogP contribution >= 0.6 is 0 Å². The Bertz CT molecular complexity index is 497. The molecule has 0 aromatic carbocycles. The van der Waals surface area contributed by atoms with Crippen molar-refractivity contribution in [1.29, 1.82) is 0 Å². The van der Waals surface area contributed by atoms with E-state index < -0.39 is 0 Å². The molecular weight excluding hydrogens is 178 g/mol. The van der Waals surface area contributed by atoms with Gasteiger partial charge in [-0.2, -0.15) is 5.10 Å². The molecule has 0 amide bonds. The van der Waals surface area contributed by atoms with Crippen LogP contribution in [0.2, 0.25) is 0 Å². The summed E-state index contributed by atoms with van der Waals surface area (Å²) in [5.74, 6) is 0.423. The van der Waals surface area contributed by atoms with Crippen molar-refractivity contribution in [2.75, 3.05) is 0 Å². The highest BCUT2D eigenvalue weighted by Gasteiger charge is 2.10. The van der Waals surface area contributed by atoms with Crippen molar-refractivity contribution in [2.45, 2.75) is 26.2 Å². The normalized spacial score (nSPS) is 13.3. The number of nitrogens with one attached hydrogen (secondary N) is 1. The van der Waals surface area contributed by atoms with E-state index in [1.54, 1.807) is 4.52 Å². The molecule has 4 heteroatoms. The Hall–Kier alpha value is -1.58. The van der Waals surface area contributed by atoms with Gasteiger partial charge in [0.2, 0.25) is 0 Å². The van der Waals surface area contributed by atoms with Gasteiger partial charge < -0.3 is 4.98 Å². The Labute approximate surface area is 81.6 Å². The Morgan fingerprint density at radius 2 is 2.36 bits per heavy atom. The largest absolute Gasteiger partial charge is 0.310 e. The molecule has 0 aliphatic heterocycles. The number of rotatable bonds is 2. The Balaban J connectivity index is 2.70. The summed E-state index contributed by atoms with van der Waals surface area (Å²) >= 11 is 0. The standard InChI is InChI=1S/C10H13N3O/c1-3-7(2)8-4-5-9-10(14)11-6-12-13(8)9/h4-7H,3H2,1-2H3,(H,11,12,14). The summed E-state index contributed by atoms with van der Waals surface area (Å²) in [4.78, 5) is 13.9. The fraction of sp³-hybridized carbons (Fsp3) is 0.400. The highest BCUT2D eigenvalue weighted by atomic mass is 16.1. The lowest BCUT2D eigenvalue weighted by Gasteiger charge is -2.06. The van der Waals surface area contributed by atoms with Crippen molar-refractivity contribution in [1.82, 2.24) is 14.6 Å². The summed E-state index contributed by atoms with van der Waals surface area (Å²) in [6, 6.07) is 3.78. The van der Waals surface area contributed by atoms with E-state index >= 15 is 0 Å². The maximum Gasteiger partial charge on any atom is 0.275 e. The fourth-order valence-electron chi connectivity index (χ4n) is 1.55. The molecule has 74 valence electrons. The topological polar surface area (TPSA) is 50.2 Å². The van der Waals surface area contributed by atoms with Gasteiger partial charge in [-0.25, -0.2) is 4.52 Å². The number of H-pyrrole nitrogens is 1. The van der Waals surface area contributed by atoms with Gasteiger partial charge in [-0.15, -0.1) is 0 Å². The summed E-state index contributed by atoms with van der Waals surface area (Å²) in [5, 5.41) is 4.13. The molecule has 1 atom stereocenters. The van der Waals surface area contributed by atoms with Crippen LogP contribution in [-0.2, 0) is 0 Å². The van der Waals surface area contributed by atoms with Crippen LogP contribution in [0.15, 0.2) is 23.3 Å². The number of aromatic amines is 1. The number of aromatic nitrogens is 3. The summed E-state index contributed by atoms with van der Waals surface area (Å²) in [7, 11) is 0. The van der Waals surface area contributed by atoms with Crippen LogP contribution in [0, 0.1) is 0 Å². The molecule has 14 heavy (non-hydrogen) atoms. The van der Waals surface area contributed by atoms with E-state index in [0.29, 0.717) is 11.4 Å². The summed E-state index contributed by atoms with van der Waals surface area (Å²) in [6.07, 6.45) is 2.47. The highest BCUT2D eigenvalue weighted by Crippen LogP contribution is 2.18. The van der Waals surface area contributed by atoms with E-state index in [4.69, 9.17) is 0 Å². The molecule has 1 unspecified atom stereocenters. The van der Waals surface area contributed by atoms with Crippen LogP contribution in [-0.4, -0.2) is 14.6 Å². The van der Waals surface area contributed by atoms with Crippen molar-refractivity contribution >= 4 is 5.52 Å². The van der Waals surface area contributed by atoms with Crippen molar-refractivity contribution in [3.63, 3.8) is 0 Å². The molecule has 2 aromatic rings. The Morgan fingerprint density at radius 1 is 1.57 bits per heavy atom. The molecule has 0 fully saturated rings. The third kappa shape index (κ3) is 1.23. The Kier molecular flexibility index (Phi) is 2.11. The minimum absolute atomic E-state index is 0.0884. The smallest absolute Gasteiger partial charge is 0.275 e. The third-order valence-electron chi connectivity index (χ3n) is 2.60. The van der Waals surface area contributed by atoms with E-state index in [2.05, 4.69) is 23.9 Å². The molecule has 0 bridgehead atoms. The van der Waals surface area contributed by atoms with Gasteiger partial charge in [0, 0.05) is 5.69 Å². The minimum atomic E-state index is -0.0884. The summed E-state index contributed by atoms with van der Waals surface area (Å²) in [5.41, 5.74) is 1.62. The monoisotopic (exact) mass is 191 g/mol. The van der Waals surface area contributed by atoms with Crippen molar-refractivity contribution < 1.29 is 0 Å². The van der Waals surface area contributed by atoms with Gasteiger partial charge in [-0.1, -0.05) is 13.8 Å². The zero-order chi connectivity index (χ0) is 10.1. The zero-order valence-electron chi connectivity index (χ0n) is 8.32. The van der Waals surface area contributed by atoms with Gasteiger partial charge >= 0.3 is 0 Å². The van der Waals surface area contributed by atoms with E-state index in [0.717, 1.165) is 12.1 Å². The maximum atomic E-state index is 11.4. The van der Waals surface area contributed by atoms with Gasteiger partial charge in [0.05, 0.1) is 0 Å². The second kappa shape index (κ2) is 3.29. The first-order chi connectivity index (χ1) is 6.74. The number of hydrogen-bond acceptors (Lipinski definition) is 2. The first kappa shape index (κ1) is 8.99. The molecule has 1 N–H and O–H groups in total. The molecule has 0 saturated carbocycles. The lowest BCUT2D eigenvalue weighted by atomic mass is 10.1. The van der Waals surface area contributed by atoms with Crippen molar-refractivity contribution in [2.24, 2.45) is 0 Å². The molecule has 0 saturated heterocycles. The number of fused-ring (bicyclic) bond motifs is 1. The molecular formula is C10H13N3O. The van der Waals surface area contributed by atoms with Gasteiger partial charge in [-0.05, 0) is 24.5 Å². The van der Waals surface area contributed by atoms with Gasteiger partial charge in [0.25, 0.3) is 5.56 Å². The molecule has 0 radical (unpaired) electrons. The lowest BCUT2D eigenvalue weighted by molar-refractivity contribution is 0.673. The second-order valence-electron chi connectivity index (χ2n) is 3.48. The average Bonchev–Trinajstić information content (AvgIpc) is 2.62. The van der Waals surface area contributed by atoms with E-state index in [1.807, 2.05) is 12.1 Å². The lowest BCUT2D eigenvalue weighted by Crippen LogP contribution is -2.12. The molecule has 0 aliphatic rings. The minimum Gasteiger partial charge on any atom is -0.310 e. The summed E-state index contributed by atoms with van der Waals surface area (Å²) < 4.78 is 1.72. The van der Waals surface area contributed by atoms with Crippen LogP contribution in [0.1, 0.15) is 31.9 Å². The average molecular weight is 191 g/mol. The predicted molar refractivity (Wildman–Crippen MR) is 54.5 cm³/mol. The van der Waals surface area contributed by atoms with Gasteiger partial charge in [-0.3, -0.25) is 4.79 Å². The van der Waals surface area contributed by atoms with E-state index in [9.17, 15) is 4.79 Å². The molecule has 2 rings (SSSR count). The first-order valence-corrected chi connectivity index (χ1v) is 4.79. The maximum absolute atomic E-state index is 11.4. The van der Waals surface area contributed by atoms with Gasteiger partial charge in [0.1, 0.15) is 11.8 Å². The quantitative estimate of drug-likeness (QED) is 0.782. The molecule has 0 spiro atoms. The molecule has 4 nitrogen and oxygen atoms in total. The molecule has 2 heterocycles. The summed E-state index contributed by atoms with van der Waals surface area (Å²) in [6.45, 7) is 4.25. The van der Waals surface area contributed by atoms with E-state index in [1.165, 1.54) is 6.33 Å². The Morgan fingerprint density at radius 3 is 3.07 bits per heavy atom. The fourth-order valence-corrected chi connectivity index (χ4v) is 1.55. The highest BCUT2D eigenvalue weighted by molar-refractivity contribution is 5.46. The van der Waals surface area contributed by atoms with E-state index in [-0.39, 0.29) is 5.56 Å². The zero-order valence-corrected chi connectivity index (χ0v) is 8.32. The first-order valence-electron chi connectivity index (χ1n) is 4.79. The van der Waals surface area contributed by atoms with Gasteiger partial charge in [0.15, 0.2) is 0 Å². The van der Waals surface area contributed by atoms with Crippen molar-refractivity contribution in [3.05, 3.63) is 34.5 Å². The van der Waals surface area contributed by atoms with Crippen LogP contribution in [0.25, 0.3) is 5.52 Å². The third-order valence-corrected chi connectivity index (χ3v) is 2.60.